The molecule has 1 aromatic carbocycles. The summed E-state index contributed by atoms with van der Waals surface area (Å²) in [7, 11) is 0. The molecule has 0 unspecified atom stereocenters. The standard InChI is InChI=1S/C19H24N2O4/c1-19(14-6-7-14)17(22)21(18(23)20-19)11-13-4-8-15(9-5-13)25-12-16-3-2-10-24-16/h4-5,8-9,14,16H,2-3,6-7,10-12H2,1H3,(H,20,23)/t16-,19-/m0/s1. The number of ether oxygens (including phenoxy) is 2. The Hall–Kier alpha value is -2.08. The third-order valence-electron chi connectivity index (χ3n) is 5.42. The summed E-state index contributed by atoms with van der Waals surface area (Å²) in [4.78, 5) is 26.2. The lowest BCUT2D eigenvalue weighted by molar-refractivity contribution is -0.131. The Balaban J connectivity index is 1.36. The quantitative estimate of drug-likeness (QED) is 0.805. The van der Waals surface area contributed by atoms with E-state index >= 15 is 0 Å². The van der Waals surface area contributed by atoms with E-state index < -0.39 is 5.54 Å². The predicted octanol–water partition coefficient (Wildman–Crippen LogP) is 2.46. The van der Waals surface area contributed by atoms with Crippen molar-refractivity contribution in [1.29, 1.82) is 0 Å². The molecular formula is C19H24N2O4. The first-order valence-corrected chi connectivity index (χ1v) is 9.04. The summed E-state index contributed by atoms with van der Waals surface area (Å²) in [5.74, 6) is 0.945. The van der Waals surface area contributed by atoms with Crippen molar-refractivity contribution in [2.24, 2.45) is 5.92 Å². The zero-order valence-corrected chi connectivity index (χ0v) is 14.5. The Bertz CT molecular complexity index is 665. The molecule has 1 saturated carbocycles. The van der Waals surface area contributed by atoms with E-state index in [0.29, 0.717) is 13.2 Å². The lowest BCUT2D eigenvalue weighted by Crippen LogP contribution is -2.46. The SMILES string of the molecule is C[C@@]1(C2CC2)NC(=O)N(Cc2ccc(OC[C@@H]3CCCO3)cc2)C1=O. The second-order valence-electron chi connectivity index (χ2n) is 7.39. The second-order valence-corrected chi connectivity index (χ2v) is 7.39. The van der Waals surface area contributed by atoms with Crippen molar-refractivity contribution in [2.75, 3.05) is 13.2 Å². The van der Waals surface area contributed by atoms with Crippen molar-refractivity contribution in [3.63, 3.8) is 0 Å². The average Bonchev–Trinajstić information content (AvgIpc) is 3.30. The fourth-order valence-corrected chi connectivity index (χ4v) is 3.64. The lowest BCUT2D eigenvalue weighted by atomic mass is 9.96. The molecule has 2 atom stereocenters. The molecule has 134 valence electrons. The first-order chi connectivity index (χ1) is 12.1. The summed E-state index contributed by atoms with van der Waals surface area (Å²) < 4.78 is 11.3. The van der Waals surface area contributed by atoms with Crippen molar-refractivity contribution in [1.82, 2.24) is 10.2 Å². The third kappa shape index (κ3) is 3.23. The van der Waals surface area contributed by atoms with E-state index in [2.05, 4.69) is 5.32 Å². The van der Waals surface area contributed by atoms with Crippen LogP contribution in [0.15, 0.2) is 24.3 Å². The summed E-state index contributed by atoms with van der Waals surface area (Å²) in [6.45, 7) is 3.51. The van der Waals surface area contributed by atoms with E-state index in [0.717, 1.165) is 43.6 Å². The van der Waals surface area contributed by atoms with Gasteiger partial charge in [-0.15, -0.1) is 0 Å². The molecule has 2 saturated heterocycles. The number of nitrogens with zero attached hydrogens (tertiary/aromatic N) is 1. The van der Waals surface area contributed by atoms with Gasteiger partial charge in [0.25, 0.3) is 5.91 Å². The molecule has 3 aliphatic rings. The maximum atomic E-state index is 12.6. The number of urea groups is 1. The van der Waals surface area contributed by atoms with Gasteiger partial charge in [-0.05, 0) is 56.2 Å². The second kappa shape index (κ2) is 6.33. The Morgan fingerprint density at radius 1 is 1.24 bits per heavy atom. The first kappa shape index (κ1) is 16.4. The highest BCUT2D eigenvalue weighted by Crippen LogP contribution is 2.42. The molecular weight excluding hydrogens is 320 g/mol. The number of nitrogens with one attached hydrogen (secondary N) is 1. The van der Waals surface area contributed by atoms with Crippen LogP contribution in [0.3, 0.4) is 0 Å². The third-order valence-corrected chi connectivity index (χ3v) is 5.42. The van der Waals surface area contributed by atoms with E-state index in [1.165, 1.54) is 4.90 Å². The molecule has 4 rings (SSSR count). The van der Waals surface area contributed by atoms with Crippen LogP contribution in [0.25, 0.3) is 0 Å². The minimum atomic E-state index is -0.721. The Kier molecular flexibility index (Phi) is 4.15. The summed E-state index contributed by atoms with van der Waals surface area (Å²) in [5, 5.41) is 2.87. The van der Waals surface area contributed by atoms with Crippen molar-refractivity contribution in [2.45, 2.75) is 50.8 Å². The van der Waals surface area contributed by atoms with Crippen LogP contribution in [0, 0.1) is 5.92 Å². The number of rotatable bonds is 6. The fourth-order valence-electron chi connectivity index (χ4n) is 3.64. The Morgan fingerprint density at radius 3 is 2.64 bits per heavy atom. The van der Waals surface area contributed by atoms with Gasteiger partial charge in [0.05, 0.1) is 12.6 Å². The summed E-state index contributed by atoms with van der Waals surface area (Å²) >= 11 is 0. The summed E-state index contributed by atoms with van der Waals surface area (Å²) in [6, 6.07) is 7.26. The zero-order chi connectivity index (χ0) is 17.4. The van der Waals surface area contributed by atoms with Crippen molar-refractivity contribution < 1.29 is 19.1 Å². The molecule has 1 N–H and O–H groups in total. The van der Waals surface area contributed by atoms with Crippen molar-refractivity contribution >= 4 is 11.9 Å². The van der Waals surface area contributed by atoms with Crippen LogP contribution in [-0.4, -0.2) is 41.7 Å². The largest absolute Gasteiger partial charge is 0.491 e. The van der Waals surface area contributed by atoms with Gasteiger partial charge in [-0.25, -0.2) is 4.79 Å². The minimum Gasteiger partial charge on any atom is -0.491 e. The molecule has 25 heavy (non-hydrogen) atoms. The van der Waals surface area contributed by atoms with Crippen LogP contribution in [0.1, 0.15) is 38.2 Å². The molecule has 0 radical (unpaired) electrons. The Labute approximate surface area is 147 Å². The van der Waals surface area contributed by atoms with Gasteiger partial charge in [-0.1, -0.05) is 12.1 Å². The molecule has 2 aliphatic heterocycles. The van der Waals surface area contributed by atoms with E-state index in [4.69, 9.17) is 9.47 Å². The fraction of sp³-hybridized carbons (Fsp3) is 0.579. The zero-order valence-electron chi connectivity index (χ0n) is 14.5. The number of carbonyl (C=O) groups excluding carboxylic acids is 2. The van der Waals surface area contributed by atoms with Gasteiger partial charge < -0.3 is 14.8 Å². The maximum absolute atomic E-state index is 12.6. The van der Waals surface area contributed by atoms with Crippen LogP contribution in [-0.2, 0) is 16.1 Å². The Morgan fingerprint density at radius 2 is 2.00 bits per heavy atom. The van der Waals surface area contributed by atoms with Gasteiger partial charge in [-0.3, -0.25) is 9.69 Å². The number of amides is 3. The van der Waals surface area contributed by atoms with Crippen molar-refractivity contribution in [3.8, 4) is 5.75 Å². The smallest absolute Gasteiger partial charge is 0.325 e. The van der Waals surface area contributed by atoms with Gasteiger partial charge in [0.1, 0.15) is 17.9 Å². The first-order valence-electron chi connectivity index (χ1n) is 9.04. The van der Waals surface area contributed by atoms with Gasteiger partial charge >= 0.3 is 6.03 Å². The average molecular weight is 344 g/mol. The molecule has 0 spiro atoms. The van der Waals surface area contributed by atoms with Gasteiger partial charge in [0.2, 0.25) is 0 Å². The number of benzene rings is 1. The van der Waals surface area contributed by atoms with E-state index in [-0.39, 0.29) is 24.0 Å². The van der Waals surface area contributed by atoms with Crippen LogP contribution < -0.4 is 10.1 Å². The van der Waals surface area contributed by atoms with Crippen LogP contribution in [0.5, 0.6) is 5.75 Å². The molecule has 2 heterocycles. The minimum absolute atomic E-state index is 0.112. The highest BCUT2D eigenvalue weighted by Gasteiger charge is 2.55. The monoisotopic (exact) mass is 344 g/mol. The van der Waals surface area contributed by atoms with Gasteiger partial charge in [0, 0.05) is 6.61 Å². The topological polar surface area (TPSA) is 67.9 Å². The predicted molar refractivity (Wildman–Crippen MR) is 91.1 cm³/mol. The molecule has 1 aromatic rings. The van der Waals surface area contributed by atoms with E-state index in [1.807, 2.05) is 31.2 Å². The molecule has 0 bridgehead atoms. The molecule has 6 nitrogen and oxygen atoms in total. The van der Waals surface area contributed by atoms with Crippen LogP contribution in [0.4, 0.5) is 4.79 Å². The number of imide groups is 1. The highest BCUT2D eigenvalue weighted by molar-refractivity contribution is 6.07. The number of carbonyl (C=O) groups is 2. The maximum Gasteiger partial charge on any atom is 0.325 e. The van der Waals surface area contributed by atoms with E-state index in [1.54, 1.807) is 0 Å². The molecule has 1 aliphatic carbocycles. The lowest BCUT2D eigenvalue weighted by Gasteiger charge is -2.21. The number of hydrogen-bond acceptors (Lipinski definition) is 4. The normalized spacial score (nSPS) is 29.2. The summed E-state index contributed by atoms with van der Waals surface area (Å²) in [5.41, 5.74) is 0.189. The van der Waals surface area contributed by atoms with Gasteiger partial charge in [0.15, 0.2) is 0 Å². The molecule has 3 fully saturated rings. The summed E-state index contributed by atoms with van der Waals surface area (Å²) in [6.07, 6.45) is 4.34. The number of hydrogen-bond donors (Lipinski definition) is 1. The van der Waals surface area contributed by atoms with Gasteiger partial charge in [-0.2, -0.15) is 0 Å². The van der Waals surface area contributed by atoms with E-state index in [9.17, 15) is 9.59 Å². The van der Waals surface area contributed by atoms with Crippen molar-refractivity contribution in [3.05, 3.63) is 29.8 Å². The van der Waals surface area contributed by atoms with Crippen LogP contribution >= 0.6 is 0 Å². The highest BCUT2D eigenvalue weighted by atomic mass is 16.5. The molecule has 0 aromatic heterocycles. The molecule has 3 amide bonds. The molecule has 6 heteroatoms. The van der Waals surface area contributed by atoms with Crippen LogP contribution in [0.2, 0.25) is 0 Å².